The molecule has 3 atom stereocenters. The summed E-state index contributed by atoms with van der Waals surface area (Å²) in [5, 5.41) is 25.0. The fourth-order valence-electron chi connectivity index (χ4n) is 5.39. The Balaban J connectivity index is -0.000000122. The number of carbonyl (C=O) groups is 5. The zero-order valence-corrected chi connectivity index (χ0v) is 38.0. The highest BCUT2D eigenvalue weighted by molar-refractivity contribution is 6.38. The number of piperidine rings is 1. The highest BCUT2D eigenvalue weighted by Crippen LogP contribution is 2.30. The molecule has 0 radical (unpaired) electrons. The number of urea groups is 1. The van der Waals surface area contributed by atoms with Gasteiger partial charge in [-0.15, -0.1) is 6.58 Å². The fraction of sp³-hybridized carbons (Fsp3) is 0.844. The quantitative estimate of drug-likeness (QED) is 0.0792. The number of carbonyl (C=O) groups excluding carboxylic acids is 5. The molecule has 2 aliphatic rings. The number of hydrogen-bond donors (Lipinski definition) is 6. The van der Waals surface area contributed by atoms with Gasteiger partial charge in [-0.3, -0.25) is 19.2 Å². The fourth-order valence-corrected chi connectivity index (χ4v) is 5.39. The molecule has 12 nitrogen and oxygen atoms in total. The Kier molecular flexibility index (Phi) is 44.5. The van der Waals surface area contributed by atoms with E-state index >= 15 is 0 Å². The van der Waals surface area contributed by atoms with Gasteiger partial charge in [-0.1, -0.05) is 143 Å². The molecule has 0 aromatic rings. The van der Waals surface area contributed by atoms with Crippen LogP contribution in [-0.4, -0.2) is 96.1 Å². The monoisotopic (exact) mass is 826 g/mol. The van der Waals surface area contributed by atoms with E-state index in [1.807, 2.05) is 13.8 Å². The van der Waals surface area contributed by atoms with Crippen molar-refractivity contribution in [2.24, 2.45) is 23.2 Å². The minimum Gasteiger partial charge on any atom is -0.400 e. The highest BCUT2D eigenvalue weighted by atomic mass is 16.2. The van der Waals surface area contributed by atoms with Crippen LogP contribution in [0.25, 0.3) is 0 Å². The van der Waals surface area contributed by atoms with Crippen LogP contribution >= 0.6 is 0 Å². The summed E-state index contributed by atoms with van der Waals surface area (Å²) in [6.07, 6.45) is 10.5. The lowest BCUT2D eigenvalue weighted by Gasteiger charge is -2.39. The maximum absolute atomic E-state index is 13.3. The molecule has 1 aliphatic carbocycles. The average molecular weight is 826 g/mol. The summed E-state index contributed by atoms with van der Waals surface area (Å²) in [7, 11) is 2.00. The molecule has 350 valence electrons. The van der Waals surface area contributed by atoms with Crippen molar-refractivity contribution in [3.63, 3.8) is 0 Å². The third-order valence-electron chi connectivity index (χ3n) is 7.82. The third kappa shape index (κ3) is 37.1. The first kappa shape index (κ1) is 65.8. The van der Waals surface area contributed by atoms with Gasteiger partial charge in [-0.2, -0.15) is 0 Å². The molecule has 2 fully saturated rings. The lowest BCUT2D eigenvalue weighted by molar-refractivity contribution is -0.144. The number of likely N-dealkylation sites (tertiary alicyclic amines) is 1. The Hall–Kier alpha value is -2.99. The minimum absolute atomic E-state index is 0. The molecule has 3 unspecified atom stereocenters. The Morgan fingerprint density at radius 3 is 1.75 bits per heavy atom. The second-order valence-electron chi connectivity index (χ2n) is 17.3. The molecular formula is C45H103N5O7. The van der Waals surface area contributed by atoms with Gasteiger partial charge in [0.05, 0.1) is 12.6 Å². The van der Waals surface area contributed by atoms with Crippen LogP contribution in [0.2, 0.25) is 0 Å². The van der Waals surface area contributed by atoms with Gasteiger partial charge < -0.3 is 36.4 Å². The molecule has 0 aromatic carbocycles. The molecule has 57 heavy (non-hydrogen) atoms. The predicted molar refractivity (Wildman–Crippen MR) is 251 cm³/mol. The number of rotatable bonds is 13. The molecule has 1 saturated heterocycles. The molecule has 0 aromatic heterocycles. The second-order valence-corrected chi connectivity index (χ2v) is 17.3. The third-order valence-corrected chi connectivity index (χ3v) is 7.82. The Bertz CT molecular complexity index is 1040. The number of aliphatic hydroxyl groups excluding tert-OH is 2. The maximum Gasteiger partial charge on any atom is 0.315 e. The number of Topliss-reactive ketones (excluding diaryl/α,β-unsaturated/α-hetero) is 1. The molecule has 1 aliphatic heterocycles. The van der Waals surface area contributed by atoms with Gasteiger partial charge in [-0.25, -0.2) is 4.79 Å². The van der Waals surface area contributed by atoms with Crippen molar-refractivity contribution >= 4 is 29.5 Å². The number of unbranched alkanes of at least 4 members (excludes halogenated alkanes) is 1. The summed E-state index contributed by atoms with van der Waals surface area (Å²) in [6.45, 7) is 31.6. The van der Waals surface area contributed by atoms with Crippen molar-refractivity contribution in [1.82, 2.24) is 26.2 Å². The van der Waals surface area contributed by atoms with Crippen LogP contribution < -0.4 is 21.3 Å². The van der Waals surface area contributed by atoms with Crippen LogP contribution in [0.3, 0.4) is 0 Å². The van der Waals surface area contributed by atoms with Gasteiger partial charge >= 0.3 is 6.03 Å². The minimum atomic E-state index is -0.965. The molecular weight excluding hydrogens is 723 g/mol. The summed E-state index contributed by atoms with van der Waals surface area (Å²) >= 11 is 0. The Morgan fingerprint density at radius 2 is 1.33 bits per heavy atom. The van der Waals surface area contributed by atoms with Crippen LogP contribution in [0.4, 0.5) is 4.79 Å². The van der Waals surface area contributed by atoms with Gasteiger partial charge in [0.15, 0.2) is 0 Å². The molecule has 12 heteroatoms. The normalized spacial score (nSPS) is 16.9. The first-order valence-electron chi connectivity index (χ1n) is 20.6. The van der Waals surface area contributed by atoms with E-state index in [4.69, 9.17) is 10.2 Å². The molecule has 6 N–H and O–H groups in total. The smallest absolute Gasteiger partial charge is 0.315 e. The van der Waals surface area contributed by atoms with E-state index in [-0.39, 0.29) is 57.0 Å². The van der Waals surface area contributed by atoms with Crippen LogP contribution in [0.15, 0.2) is 12.7 Å². The summed E-state index contributed by atoms with van der Waals surface area (Å²) in [4.78, 5) is 65.6. The van der Waals surface area contributed by atoms with Gasteiger partial charge in [0.1, 0.15) is 6.04 Å². The van der Waals surface area contributed by atoms with Crippen LogP contribution in [0.5, 0.6) is 0 Å². The standard InChI is InChI=1S/C28H47N5O5.C5H12.2C4H10.2CH4O.2CH4.4H2/c1-5-8-12-21(24(35)26(37)29-17-6-2)31-25(36)22-14-13-20(4)19-33(22)23(34)18-30-27(38)32-28(7-3)15-10-9-11-16-28;1-5(2,3)4;2*1-4(2)3;2*1-2;;;;;;/h6,20-22H,2,5,7-19H2,1,3-4H3,(H,29,37)(H,31,36)(H2,30,32,38);1-4H3;2*4H,1-3H3;2*2H,1H3;2*1H4;4*1H. The van der Waals surface area contributed by atoms with E-state index in [0.717, 1.165) is 71.0 Å². The van der Waals surface area contributed by atoms with E-state index in [2.05, 4.69) is 104 Å². The first-order valence-corrected chi connectivity index (χ1v) is 20.6. The molecule has 2 rings (SSSR count). The van der Waals surface area contributed by atoms with Crippen molar-refractivity contribution < 1.29 is 39.9 Å². The number of nitrogens with zero attached hydrogens (tertiary/aromatic N) is 1. The van der Waals surface area contributed by atoms with Crippen LogP contribution in [0, 0.1) is 23.2 Å². The number of aliphatic hydroxyl groups is 2. The molecule has 0 spiro atoms. The van der Waals surface area contributed by atoms with E-state index in [9.17, 15) is 24.0 Å². The Morgan fingerprint density at radius 1 is 0.860 bits per heavy atom. The average Bonchev–Trinajstić information content (AvgIpc) is 3.11. The maximum atomic E-state index is 13.3. The molecule has 1 saturated carbocycles. The van der Waals surface area contributed by atoms with Crippen LogP contribution in [-0.2, 0) is 19.2 Å². The van der Waals surface area contributed by atoms with Crippen molar-refractivity contribution in [1.29, 1.82) is 0 Å². The lowest BCUT2D eigenvalue weighted by atomic mass is 9.80. The zero-order chi connectivity index (χ0) is 43.8. The van der Waals surface area contributed by atoms with Gasteiger partial charge in [0, 0.05) is 38.6 Å². The van der Waals surface area contributed by atoms with Gasteiger partial charge in [-0.05, 0) is 61.7 Å². The van der Waals surface area contributed by atoms with E-state index in [1.165, 1.54) is 17.4 Å². The van der Waals surface area contributed by atoms with E-state index in [0.29, 0.717) is 31.2 Å². The Labute approximate surface area is 357 Å². The number of hydrogen-bond acceptors (Lipinski definition) is 7. The van der Waals surface area contributed by atoms with Gasteiger partial charge in [0.2, 0.25) is 17.6 Å². The predicted octanol–water partition coefficient (Wildman–Crippen LogP) is 9.42. The van der Waals surface area contributed by atoms with Crippen molar-refractivity contribution in [2.45, 2.75) is 193 Å². The van der Waals surface area contributed by atoms with Crippen molar-refractivity contribution in [2.75, 3.05) is 33.9 Å². The summed E-state index contributed by atoms with van der Waals surface area (Å²) in [5.74, 6) is -0.408. The van der Waals surface area contributed by atoms with Gasteiger partial charge in [0.25, 0.3) is 5.91 Å². The van der Waals surface area contributed by atoms with Crippen LogP contribution in [0.1, 0.15) is 181 Å². The zero-order valence-electron chi connectivity index (χ0n) is 38.0. The first-order chi connectivity index (χ1) is 25.6. The SMILES string of the molecule is C.C.C=CCNC(=O)C(=O)C(CCCC)NC(=O)C1CCC(C)CN1C(=O)CNC(=O)NC1(CC)CCCCC1.CC(C)(C)C.CC(C)C.CC(C)C.CO.CO.[HH].[HH].[HH].[HH]. The van der Waals surface area contributed by atoms with Crippen molar-refractivity contribution in [3.05, 3.63) is 12.7 Å². The largest absolute Gasteiger partial charge is 0.400 e. The van der Waals surface area contributed by atoms with E-state index in [1.54, 1.807) is 0 Å². The summed E-state index contributed by atoms with van der Waals surface area (Å²) in [6, 6.07) is -2.10. The molecule has 5 amide bonds. The molecule has 1 heterocycles. The molecule has 0 bridgehead atoms. The second kappa shape index (κ2) is 38.5. The summed E-state index contributed by atoms with van der Waals surface area (Å²) < 4.78 is 0. The number of nitrogens with one attached hydrogen (secondary N) is 4. The van der Waals surface area contributed by atoms with E-state index < -0.39 is 29.7 Å². The lowest BCUT2D eigenvalue weighted by Crippen LogP contribution is -2.59. The highest BCUT2D eigenvalue weighted by Gasteiger charge is 2.37. The summed E-state index contributed by atoms with van der Waals surface area (Å²) in [5.41, 5.74) is 0.269. The number of amides is 5. The number of ketones is 1. The topological polar surface area (TPSA) is 177 Å². The van der Waals surface area contributed by atoms with Crippen molar-refractivity contribution in [3.8, 4) is 0 Å².